The summed E-state index contributed by atoms with van der Waals surface area (Å²) in [5.41, 5.74) is 1.96. The fourth-order valence-electron chi connectivity index (χ4n) is 2.73. The van der Waals surface area contributed by atoms with E-state index in [1.807, 2.05) is 31.2 Å². The third-order valence-electron chi connectivity index (χ3n) is 4.20. The lowest BCUT2D eigenvalue weighted by atomic mass is 10.1. The van der Waals surface area contributed by atoms with Crippen molar-refractivity contribution in [1.29, 1.82) is 0 Å². The maximum atomic E-state index is 12.6. The molecule has 7 heteroatoms. The van der Waals surface area contributed by atoms with Gasteiger partial charge in [-0.1, -0.05) is 43.0 Å². The Hall–Kier alpha value is -1.73. The Labute approximate surface area is 146 Å². The number of thioether (sulfide) groups is 1. The molecule has 1 aromatic carbocycles. The minimum Gasteiger partial charge on any atom is -0.376 e. The number of tetrazole rings is 1. The quantitative estimate of drug-likeness (QED) is 0.567. The number of Topliss-reactive ketones (excluding diaryl/α,β-unsaturated/α-hetero) is 1. The summed E-state index contributed by atoms with van der Waals surface area (Å²) in [4.78, 5) is 12.6. The molecule has 128 valence electrons. The third kappa shape index (κ3) is 4.02. The van der Waals surface area contributed by atoms with E-state index in [0.717, 1.165) is 31.4 Å². The van der Waals surface area contributed by atoms with Gasteiger partial charge >= 0.3 is 0 Å². The SMILES string of the molecule is CCc1ccc(C(=O)C(C)Sc2nnnn2CC2CCCO2)cc1. The van der Waals surface area contributed by atoms with E-state index >= 15 is 0 Å². The summed E-state index contributed by atoms with van der Waals surface area (Å²) in [6.45, 7) is 5.44. The van der Waals surface area contributed by atoms with Crippen LogP contribution in [0.5, 0.6) is 0 Å². The Morgan fingerprint density at radius 3 is 2.88 bits per heavy atom. The predicted octanol–water partition coefficient (Wildman–Crippen LogP) is 2.78. The van der Waals surface area contributed by atoms with Crippen LogP contribution in [0.4, 0.5) is 0 Å². The van der Waals surface area contributed by atoms with E-state index in [2.05, 4.69) is 22.4 Å². The lowest BCUT2D eigenvalue weighted by Crippen LogP contribution is -2.19. The van der Waals surface area contributed by atoms with Crippen molar-refractivity contribution in [2.24, 2.45) is 0 Å². The van der Waals surface area contributed by atoms with Gasteiger partial charge in [0, 0.05) is 12.2 Å². The Bertz CT molecular complexity index is 680. The molecule has 0 saturated carbocycles. The monoisotopic (exact) mass is 346 g/mol. The number of aryl methyl sites for hydroxylation is 1. The highest BCUT2D eigenvalue weighted by Gasteiger charge is 2.22. The van der Waals surface area contributed by atoms with Crippen molar-refractivity contribution >= 4 is 17.5 Å². The second-order valence-electron chi connectivity index (χ2n) is 5.95. The van der Waals surface area contributed by atoms with Gasteiger partial charge in [0.2, 0.25) is 5.16 Å². The molecule has 3 rings (SSSR count). The first-order valence-corrected chi connectivity index (χ1v) is 9.23. The summed E-state index contributed by atoms with van der Waals surface area (Å²) in [5.74, 6) is 0.0920. The third-order valence-corrected chi connectivity index (χ3v) is 5.27. The van der Waals surface area contributed by atoms with Gasteiger partial charge in [-0.3, -0.25) is 4.79 Å². The largest absolute Gasteiger partial charge is 0.376 e. The van der Waals surface area contributed by atoms with E-state index in [-0.39, 0.29) is 17.1 Å². The van der Waals surface area contributed by atoms with Crippen LogP contribution >= 0.6 is 11.8 Å². The van der Waals surface area contributed by atoms with Crippen LogP contribution in [0, 0.1) is 0 Å². The topological polar surface area (TPSA) is 69.9 Å². The van der Waals surface area contributed by atoms with Crippen molar-refractivity contribution in [3.05, 3.63) is 35.4 Å². The van der Waals surface area contributed by atoms with Crippen molar-refractivity contribution < 1.29 is 9.53 Å². The van der Waals surface area contributed by atoms with Gasteiger partial charge in [0.15, 0.2) is 5.78 Å². The molecular weight excluding hydrogens is 324 g/mol. The minimum absolute atomic E-state index is 0.0920. The number of carbonyl (C=O) groups is 1. The summed E-state index contributed by atoms with van der Waals surface area (Å²) >= 11 is 1.39. The lowest BCUT2D eigenvalue weighted by Gasteiger charge is -2.12. The number of nitrogens with zero attached hydrogens (tertiary/aromatic N) is 4. The Balaban J connectivity index is 1.64. The highest BCUT2D eigenvalue weighted by molar-refractivity contribution is 8.00. The van der Waals surface area contributed by atoms with E-state index in [4.69, 9.17) is 4.74 Å². The molecule has 24 heavy (non-hydrogen) atoms. The summed E-state index contributed by atoms with van der Waals surface area (Å²) in [6, 6.07) is 7.80. The van der Waals surface area contributed by atoms with Crippen LogP contribution in [0.15, 0.2) is 29.4 Å². The van der Waals surface area contributed by atoms with Crippen LogP contribution in [0.25, 0.3) is 0 Å². The van der Waals surface area contributed by atoms with Gasteiger partial charge in [-0.15, -0.1) is 5.10 Å². The molecule has 6 nitrogen and oxygen atoms in total. The van der Waals surface area contributed by atoms with Gasteiger partial charge in [0.25, 0.3) is 0 Å². The molecular formula is C17H22N4O2S. The second kappa shape index (κ2) is 7.90. The number of hydrogen-bond donors (Lipinski definition) is 0. The van der Waals surface area contributed by atoms with Crippen molar-refractivity contribution in [3.63, 3.8) is 0 Å². The van der Waals surface area contributed by atoms with Gasteiger partial charge in [-0.2, -0.15) is 0 Å². The smallest absolute Gasteiger partial charge is 0.210 e. The number of ketones is 1. The van der Waals surface area contributed by atoms with Gasteiger partial charge in [-0.05, 0) is 42.2 Å². The molecule has 1 aromatic heterocycles. The number of aromatic nitrogens is 4. The van der Waals surface area contributed by atoms with Gasteiger partial charge in [0.05, 0.1) is 17.9 Å². The minimum atomic E-state index is -0.244. The van der Waals surface area contributed by atoms with Crippen LogP contribution < -0.4 is 0 Å². The predicted molar refractivity (Wildman–Crippen MR) is 92.3 cm³/mol. The Morgan fingerprint density at radius 2 is 2.21 bits per heavy atom. The van der Waals surface area contributed by atoms with E-state index < -0.39 is 0 Å². The average molecular weight is 346 g/mol. The maximum Gasteiger partial charge on any atom is 0.210 e. The highest BCUT2D eigenvalue weighted by atomic mass is 32.2. The van der Waals surface area contributed by atoms with Crippen molar-refractivity contribution in [3.8, 4) is 0 Å². The van der Waals surface area contributed by atoms with Crippen molar-refractivity contribution in [2.45, 2.75) is 56.2 Å². The zero-order valence-corrected chi connectivity index (χ0v) is 14.8. The zero-order chi connectivity index (χ0) is 16.9. The number of rotatable bonds is 7. The summed E-state index contributed by atoms with van der Waals surface area (Å²) < 4.78 is 7.37. The normalized spacial score (nSPS) is 18.7. The fraction of sp³-hybridized carbons (Fsp3) is 0.529. The Morgan fingerprint density at radius 1 is 1.42 bits per heavy atom. The van der Waals surface area contributed by atoms with Crippen molar-refractivity contribution in [1.82, 2.24) is 20.2 Å². The Kier molecular flexibility index (Phi) is 5.63. The zero-order valence-electron chi connectivity index (χ0n) is 14.0. The summed E-state index contributed by atoms with van der Waals surface area (Å²) in [6.07, 6.45) is 3.25. The van der Waals surface area contributed by atoms with Crippen LogP contribution in [0.2, 0.25) is 0 Å². The molecule has 0 radical (unpaired) electrons. The maximum absolute atomic E-state index is 12.6. The van der Waals surface area contributed by atoms with Gasteiger partial charge in [-0.25, -0.2) is 4.68 Å². The molecule has 0 aliphatic carbocycles. The molecule has 2 aromatic rings. The van der Waals surface area contributed by atoms with Crippen LogP contribution in [0.1, 0.15) is 42.6 Å². The van der Waals surface area contributed by atoms with Crippen LogP contribution in [-0.2, 0) is 17.7 Å². The number of carbonyl (C=O) groups excluding carboxylic acids is 1. The highest BCUT2D eigenvalue weighted by Crippen LogP contribution is 2.24. The number of ether oxygens (including phenoxy) is 1. The summed E-state index contributed by atoms with van der Waals surface area (Å²) in [5, 5.41) is 12.3. The molecule has 2 heterocycles. The molecule has 2 atom stereocenters. The van der Waals surface area contributed by atoms with Gasteiger partial charge in [0.1, 0.15) is 0 Å². The molecule has 1 fully saturated rings. The molecule has 1 aliphatic rings. The first-order valence-electron chi connectivity index (χ1n) is 8.35. The van der Waals surface area contributed by atoms with Crippen molar-refractivity contribution in [2.75, 3.05) is 6.61 Å². The van der Waals surface area contributed by atoms with Crippen LogP contribution in [0.3, 0.4) is 0 Å². The average Bonchev–Trinajstić information content (AvgIpc) is 3.27. The number of benzene rings is 1. The molecule has 1 aliphatic heterocycles. The van der Waals surface area contributed by atoms with Gasteiger partial charge < -0.3 is 4.74 Å². The number of hydrogen-bond acceptors (Lipinski definition) is 6. The van der Waals surface area contributed by atoms with Crippen LogP contribution in [-0.4, -0.2) is 44.0 Å². The van der Waals surface area contributed by atoms with E-state index in [1.54, 1.807) is 4.68 Å². The first kappa shape index (κ1) is 17.1. The molecule has 0 spiro atoms. The fourth-order valence-corrected chi connectivity index (χ4v) is 3.60. The molecule has 0 amide bonds. The first-order chi connectivity index (χ1) is 11.7. The molecule has 0 N–H and O–H groups in total. The second-order valence-corrected chi connectivity index (χ2v) is 7.26. The van der Waals surface area contributed by atoms with E-state index in [9.17, 15) is 4.79 Å². The molecule has 2 unspecified atom stereocenters. The summed E-state index contributed by atoms with van der Waals surface area (Å²) in [7, 11) is 0. The lowest BCUT2D eigenvalue weighted by molar-refractivity contribution is 0.0911. The standard InChI is InChI=1S/C17H22N4O2S/c1-3-13-6-8-14(9-7-13)16(22)12(2)24-17-18-19-20-21(17)11-15-5-4-10-23-15/h6-9,12,15H,3-5,10-11H2,1-2H3. The molecule has 0 bridgehead atoms. The molecule has 1 saturated heterocycles. The van der Waals surface area contributed by atoms with E-state index in [0.29, 0.717) is 11.7 Å². The van der Waals surface area contributed by atoms with E-state index in [1.165, 1.54) is 17.3 Å².